The summed E-state index contributed by atoms with van der Waals surface area (Å²) >= 11 is 0. The number of para-hydroxylation sites is 2. The van der Waals surface area contributed by atoms with Gasteiger partial charge in [0, 0.05) is 12.4 Å². The van der Waals surface area contributed by atoms with Gasteiger partial charge in [0.25, 0.3) is 0 Å². The molecule has 1 aliphatic heterocycles. The molecule has 66 valence electrons. The van der Waals surface area contributed by atoms with Gasteiger partial charge in [0.15, 0.2) is 5.75 Å². The zero-order chi connectivity index (χ0) is 9.10. The third-order valence-electron chi connectivity index (χ3n) is 1.87. The molecule has 0 aliphatic carbocycles. The minimum Gasteiger partial charge on any atom is -0.461 e. The van der Waals surface area contributed by atoms with Gasteiger partial charge in [0.1, 0.15) is 6.26 Å². The molecule has 2 heteroatoms. The molecule has 0 bridgehead atoms. The molecule has 0 radical (unpaired) electrons. The van der Waals surface area contributed by atoms with E-state index in [4.69, 9.17) is 4.74 Å². The number of hydrogen-bond acceptors (Lipinski definition) is 2. The summed E-state index contributed by atoms with van der Waals surface area (Å²) in [6.45, 7) is 1.99. The number of anilines is 1. The van der Waals surface area contributed by atoms with E-state index in [1.807, 2.05) is 54.6 Å². The number of allylic oxidation sites excluding steroid dienone is 1. The lowest BCUT2D eigenvalue weighted by Crippen LogP contribution is -2.11. The average molecular weight is 173 g/mol. The molecule has 0 spiro atoms. The molecule has 0 atom stereocenters. The first-order chi connectivity index (χ1) is 6.42. The standard InChI is InChI=1S/C11H11NO/c1-2-7-12-8-9-13-11-6-4-3-5-10(11)12/h2-9H,1H3/b7-2+. The van der Waals surface area contributed by atoms with Crippen molar-refractivity contribution in [3.05, 3.63) is 49.0 Å². The van der Waals surface area contributed by atoms with Crippen molar-refractivity contribution in [3.63, 3.8) is 0 Å². The summed E-state index contributed by atoms with van der Waals surface area (Å²) in [6.07, 6.45) is 7.56. The fourth-order valence-electron chi connectivity index (χ4n) is 1.31. The fraction of sp³-hybridized carbons (Fsp3) is 0.0909. The van der Waals surface area contributed by atoms with Crippen LogP contribution < -0.4 is 9.64 Å². The van der Waals surface area contributed by atoms with Crippen LogP contribution in [-0.4, -0.2) is 0 Å². The summed E-state index contributed by atoms with van der Waals surface area (Å²) < 4.78 is 5.34. The van der Waals surface area contributed by atoms with Crippen molar-refractivity contribution < 1.29 is 4.74 Å². The van der Waals surface area contributed by atoms with Crippen molar-refractivity contribution in [2.45, 2.75) is 6.92 Å². The molecule has 0 unspecified atom stereocenters. The van der Waals surface area contributed by atoms with E-state index in [-0.39, 0.29) is 0 Å². The third kappa shape index (κ3) is 1.43. The van der Waals surface area contributed by atoms with E-state index < -0.39 is 0 Å². The lowest BCUT2D eigenvalue weighted by Gasteiger charge is -2.22. The highest BCUT2D eigenvalue weighted by Gasteiger charge is 2.09. The molecule has 1 aromatic carbocycles. The van der Waals surface area contributed by atoms with E-state index in [0.29, 0.717) is 0 Å². The summed E-state index contributed by atoms with van der Waals surface area (Å²) in [5.74, 6) is 0.892. The second-order valence-electron chi connectivity index (χ2n) is 2.76. The second kappa shape index (κ2) is 3.35. The second-order valence-corrected chi connectivity index (χ2v) is 2.76. The number of rotatable bonds is 1. The largest absolute Gasteiger partial charge is 0.461 e. The summed E-state index contributed by atoms with van der Waals surface area (Å²) in [7, 11) is 0. The van der Waals surface area contributed by atoms with Crippen LogP contribution in [0.4, 0.5) is 5.69 Å². The number of fused-ring (bicyclic) bond motifs is 1. The lowest BCUT2D eigenvalue weighted by molar-refractivity contribution is 0.472. The average Bonchev–Trinajstić information content (AvgIpc) is 2.19. The molecule has 1 heterocycles. The minimum absolute atomic E-state index is 0.892. The van der Waals surface area contributed by atoms with Crippen LogP contribution >= 0.6 is 0 Å². The molecule has 1 aromatic rings. The maximum Gasteiger partial charge on any atom is 0.150 e. The lowest BCUT2D eigenvalue weighted by atomic mass is 10.2. The molecule has 0 aromatic heterocycles. The van der Waals surface area contributed by atoms with Crippen LogP contribution in [0.15, 0.2) is 49.0 Å². The van der Waals surface area contributed by atoms with Crippen molar-refractivity contribution >= 4 is 5.69 Å². The van der Waals surface area contributed by atoms with E-state index in [0.717, 1.165) is 11.4 Å². The minimum atomic E-state index is 0.892. The molecule has 0 N–H and O–H groups in total. The normalized spacial score (nSPS) is 14.4. The van der Waals surface area contributed by atoms with Gasteiger partial charge >= 0.3 is 0 Å². The smallest absolute Gasteiger partial charge is 0.150 e. The van der Waals surface area contributed by atoms with Gasteiger partial charge in [-0.1, -0.05) is 18.2 Å². The SMILES string of the molecule is C/C=C/N1C=COc2ccccc21. The van der Waals surface area contributed by atoms with Gasteiger partial charge < -0.3 is 9.64 Å². The number of benzene rings is 1. The van der Waals surface area contributed by atoms with E-state index >= 15 is 0 Å². The van der Waals surface area contributed by atoms with Crippen LogP contribution in [-0.2, 0) is 0 Å². The van der Waals surface area contributed by atoms with Crippen LogP contribution in [0.1, 0.15) is 6.92 Å². The van der Waals surface area contributed by atoms with Crippen molar-refractivity contribution in [1.82, 2.24) is 0 Å². The van der Waals surface area contributed by atoms with Crippen molar-refractivity contribution in [1.29, 1.82) is 0 Å². The first-order valence-corrected chi connectivity index (χ1v) is 4.25. The van der Waals surface area contributed by atoms with Crippen LogP contribution in [0.25, 0.3) is 0 Å². The number of hydrogen-bond donors (Lipinski definition) is 0. The first kappa shape index (κ1) is 7.92. The van der Waals surface area contributed by atoms with Crippen LogP contribution in [0.3, 0.4) is 0 Å². The Balaban J connectivity index is 2.42. The highest BCUT2D eigenvalue weighted by Crippen LogP contribution is 2.31. The van der Waals surface area contributed by atoms with Crippen LogP contribution in [0, 0.1) is 0 Å². The fourth-order valence-corrected chi connectivity index (χ4v) is 1.31. The number of nitrogens with zero attached hydrogens (tertiary/aromatic N) is 1. The highest BCUT2D eigenvalue weighted by atomic mass is 16.5. The Morgan fingerprint density at radius 3 is 3.00 bits per heavy atom. The van der Waals surface area contributed by atoms with Crippen molar-refractivity contribution in [2.24, 2.45) is 0 Å². The third-order valence-corrected chi connectivity index (χ3v) is 1.87. The maximum absolute atomic E-state index is 5.34. The molecule has 2 rings (SSSR count). The molecule has 0 saturated carbocycles. The van der Waals surface area contributed by atoms with Gasteiger partial charge in [-0.05, 0) is 19.1 Å². The molecule has 0 fully saturated rings. The zero-order valence-electron chi connectivity index (χ0n) is 7.47. The Morgan fingerprint density at radius 1 is 1.31 bits per heavy atom. The molecule has 2 nitrogen and oxygen atoms in total. The monoisotopic (exact) mass is 173 g/mol. The van der Waals surface area contributed by atoms with Gasteiger partial charge in [-0.25, -0.2) is 0 Å². The predicted octanol–water partition coefficient (Wildman–Crippen LogP) is 2.89. The Bertz CT molecular complexity index is 355. The Morgan fingerprint density at radius 2 is 2.15 bits per heavy atom. The number of ether oxygens (including phenoxy) is 1. The molecular formula is C11H11NO. The Labute approximate surface area is 77.7 Å². The van der Waals surface area contributed by atoms with Crippen LogP contribution in [0.2, 0.25) is 0 Å². The van der Waals surface area contributed by atoms with Gasteiger partial charge in [-0.15, -0.1) is 0 Å². The van der Waals surface area contributed by atoms with E-state index in [9.17, 15) is 0 Å². The topological polar surface area (TPSA) is 12.5 Å². The van der Waals surface area contributed by atoms with E-state index in [1.54, 1.807) is 6.26 Å². The van der Waals surface area contributed by atoms with Gasteiger partial charge in [0.05, 0.1) is 5.69 Å². The predicted molar refractivity (Wildman–Crippen MR) is 53.5 cm³/mol. The first-order valence-electron chi connectivity index (χ1n) is 4.25. The summed E-state index contributed by atoms with van der Waals surface area (Å²) in [5.41, 5.74) is 1.07. The van der Waals surface area contributed by atoms with Crippen molar-refractivity contribution in [3.8, 4) is 5.75 Å². The highest BCUT2D eigenvalue weighted by molar-refractivity contribution is 5.63. The van der Waals surface area contributed by atoms with Gasteiger partial charge in [-0.2, -0.15) is 0 Å². The van der Waals surface area contributed by atoms with Crippen LogP contribution in [0.5, 0.6) is 5.75 Å². The Kier molecular flexibility index (Phi) is 2.04. The molecular weight excluding hydrogens is 162 g/mol. The van der Waals surface area contributed by atoms with Crippen molar-refractivity contribution in [2.75, 3.05) is 4.90 Å². The quantitative estimate of drug-likeness (QED) is 0.647. The van der Waals surface area contributed by atoms with E-state index in [1.165, 1.54) is 0 Å². The molecule has 13 heavy (non-hydrogen) atoms. The Hall–Kier alpha value is -1.70. The summed E-state index contributed by atoms with van der Waals surface area (Å²) in [5, 5.41) is 0. The van der Waals surface area contributed by atoms with E-state index in [2.05, 4.69) is 0 Å². The van der Waals surface area contributed by atoms with Gasteiger partial charge in [-0.3, -0.25) is 0 Å². The molecule has 0 amide bonds. The summed E-state index contributed by atoms with van der Waals surface area (Å²) in [4.78, 5) is 2.03. The summed E-state index contributed by atoms with van der Waals surface area (Å²) in [6, 6.07) is 7.94. The van der Waals surface area contributed by atoms with Gasteiger partial charge in [0.2, 0.25) is 0 Å². The molecule has 0 saturated heterocycles. The zero-order valence-corrected chi connectivity index (χ0v) is 7.47. The molecule has 1 aliphatic rings. The maximum atomic E-state index is 5.34.